The van der Waals surface area contributed by atoms with Crippen molar-refractivity contribution in [2.45, 2.75) is 39.3 Å². The molecule has 0 aliphatic carbocycles. The molecule has 2 aromatic carbocycles. The second kappa shape index (κ2) is 10.4. The smallest absolute Gasteiger partial charge is 0.407 e. The summed E-state index contributed by atoms with van der Waals surface area (Å²) in [5.74, 6) is -1.34. The highest BCUT2D eigenvalue weighted by atomic mass is 19.1. The van der Waals surface area contributed by atoms with Gasteiger partial charge in [-0.25, -0.2) is 9.18 Å². The van der Waals surface area contributed by atoms with E-state index in [-0.39, 0.29) is 24.4 Å². The third-order valence-electron chi connectivity index (χ3n) is 3.84. The van der Waals surface area contributed by atoms with Crippen LogP contribution in [0.25, 0.3) is 0 Å². The fourth-order valence-electron chi connectivity index (χ4n) is 2.43. The molecule has 2 aromatic rings. The molecule has 8 heteroatoms. The molecule has 0 aliphatic heterocycles. The molecular weight excluding hydrogens is 389 g/mol. The average Bonchev–Trinajstić information content (AvgIpc) is 2.66. The van der Waals surface area contributed by atoms with Gasteiger partial charge in [-0.3, -0.25) is 9.59 Å². The van der Waals surface area contributed by atoms with Crippen LogP contribution in [0.2, 0.25) is 0 Å². The lowest BCUT2D eigenvalue weighted by atomic mass is 10.1. The quantitative estimate of drug-likeness (QED) is 0.644. The van der Waals surface area contributed by atoms with E-state index in [0.717, 1.165) is 5.56 Å². The van der Waals surface area contributed by atoms with E-state index in [4.69, 9.17) is 4.74 Å². The number of hydrogen-bond acceptors (Lipinski definition) is 4. The van der Waals surface area contributed by atoms with Crippen LogP contribution in [0, 0.1) is 5.82 Å². The molecule has 7 nitrogen and oxygen atoms in total. The van der Waals surface area contributed by atoms with Crippen molar-refractivity contribution < 1.29 is 23.5 Å². The van der Waals surface area contributed by atoms with Crippen molar-refractivity contribution in [3.8, 4) is 0 Å². The molecule has 3 amide bonds. The van der Waals surface area contributed by atoms with Crippen LogP contribution in [0.15, 0.2) is 48.5 Å². The molecule has 0 saturated carbocycles. The molecule has 160 valence electrons. The number of hydrogen-bond donors (Lipinski definition) is 3. The Morgan fingerprint density at radius 3 is 2.27 bits per heavy atom. The molecule has 0 bridgehead atoms. The van der Waals surface area contributed by atoms with Crippen molar-refractivity contribution in [2.24, 2.45) is 0 Å². The molecule has 0 fully saturated rings. The Morgan fingerprint density at radius 1 is 0.967 bits per heavy atom. The van der Waals surface area contributed by atoms with Gasteiger partial charge in [0.05, 0.1) is 5.56 Å². The first-order valence-electron chi connectivity index (χ1n) is 9.52. The van der Waals surface area contributed by atoms with Crippen molar-refractivity contribution in [2.75, 3.05) is 11.9 Å². The van der Waals surface area contributed by atoms with E-state index >= 15 is 0 Å². The van der Waals surface area contributed by atoms with Crippen LogP contribution in [0.3, 0.4) is 0 Å². The summed E-state index contributed by atoms with van der Waals surface area (Å²) >= 11 is 0. The number of nitrogens with one attached hydrogen (secondary N) is 3. The van der Waals surface area contributed by atoms with Crippen molar-refractivity contribution in [1.82, 2.24) is 10.6 Å². The van der Waals surface area contributed by atoms with E-state index in [9.17, 15) is 18.8 Å². The topological polar surface area (TPSA) is 96.5 Å². The molecule has 0 aromatic heterocycles. The second-order valence-corrected chi connectivity index (χ2v) is 7.59. The molecule has 3 N–H and O–H groups in total. The second-order valence-electron chi connectivity index (χ2n) is 7.59. The molecule has 30 heavy (non-hydrogen) atoms. The predicted octanol–water partition coefficient (Wildman–Crippen LogP) is 3.61. The summed E-state index contributed by atoms with van der Waals surface area (Å²) in [4.78, 5) is 35.5. The van der Waals surface area contributed by atoms with Crippen LogP contribution in [-0.4, -0.2) is 30.1 Å². The Labute approximate surface area is 175 Å². The number of alkyl carbamates (subject to hydrolysis) is 1. The third-order valence-corrected chi connectivity index (χ3v) is 3.84. The van der Waals surface area contributed by atoms with Crippen LogP contribution in [0.5, 0.6) is 0 Å². The lowest BCUT2D eigenvalue weighted by molar-refractivity contribution is -0.121. The fourth-order valence-corrected chi connectivity index (χ4v) is 2.43. The van der Waals surface area contributed by atoms with Crippen LogP contribution in [-0.2, 0) is 16.1 Å². The SMILES string of the molecule is CC(C)(C)OC(=O)NCCC(=O)NCc1ccc(NC(=O)c2ccccc2F)cc1. The van der Waals surface area contributed by atoms with Crippen LogP contribution in [0.4, 0.5) is 14.9 Å². The van der Waals surface area contributed by atoms with E-state index in [1.54, 1.807) is 51.1 Å². The van der Waals surface area contributed by atoms with Gasteiger partial charge in [0.25, 0.3) is 5.91 Å². The summed E-state index contributed by atoms with van der Waals surface area (Å²) in [5.41, 5.74) is 0.716. The highest BCUT2D eigenvalue weighted by Crippen LogP contribution is 2.13. The summed E-state index contributed by atoms with van der Waals surface area (Å²) in [6, 6.07) is 12.6. The minimum Gasteiger partial charge on any atom is -0.444 e. The van der Waals surface area contributed by atoms with Crippen molar-refractivity contribution >= 4 is 23.6 Å². The number of amides is 3. The molecule has 0 spiro atoms. The number of anilines is 1. The summed E-state index contributed by atoms with van der Waals surface area (Å²) < 4.78 is 18.7. The van der Waals surface area contributed by atoms with E-state index in [1.165, 1.54) is 18.2 Å². The normalized spacial score (nSPS) is 10.8. The van der Waals surface area contributed by atoms with Gasteiger partial charge in [0.15, 0.2) is 0 Å². The van der Waals surface area contributed by atoms with Gasteiger partial charge in [0, 0.05) is 25.2 Å². The van der Waals surface area contributed by atoms with E-state index < -0.39 is 23.4 Å². The Bertz CT molecular complexity index is 892. The van der Waals surface area contributed by atoms with E-state index in [0.29, 0.717) is 12.2 Å². The first kappa shape index (κ1) is 22.9. The lowest BCUT2D eigenvalue weighted by Crippen LogP contribution is -2.35. The summed E-state index contributed by atoms with van der Waals surface area (Å²) in [6.07, 6.45) is -0.445. The van der Waals surface area contributed by atoms with Crippen LogP contribution < -0.4 is 16.0 Å². The van der Waals surface area contributed by atoms with E-state index in [1.807, 2.05) is 0 Å². The number of rotatable bonds is 7. The monoisotopic (exact) mass is 415 g/mol. The standard InChI is InChI=1S/C22H26FN3O4/c1-22(2,3)30-21(29)24-13-12-19(27)25-14-15-8-10-16(11-9-15)26-20(28)17-6-4-5-7-18(17)23/h4-11H,12-14H2,1-3H3,(H,24,29)(H,25,27)(H,26,28). The summed E-state index contributed by atoms with van der Waals surface area (Å²) in [7, 11) is 0. The predicted molar refractivity (Wildman–Crippen MR) is 111 cm³/mol. The minimum absolute atomic E-state index is 0.0335. The Balaban J connectivity index is 1.74. The molecule has 2 rings (SSSR count). The van der Waals surface area contributed by atoms with Gasteiger partial charge in [-0.2, -0.15) is 0 Å². The maximum Gasteiger partial charge on any atom is 0.407 e. The van der Waals surface area contributed by atoms with Crippen LogP contribution in [0.1, 0.15) is 43.1 Å². The molecule has 0 aliphatic rings. The first-order chi connectivity index (χ1) is 14.1. The van der Waals surface area contributed by atoms with Crippen molar-refractivity contribution in [3.05, 3.63) is 65.5 Å². The van der Waals surface area contributed by atoms with Crippen molar-refractivity contribution in [3.63, 3.8) is 0 Å². The number of carbonyl (C=O) groups is 3. The minimum atomic E-state index is -0.590. The maximum atomic E-state index is 13.7. The van der Waals surface area contributed by atoms with E-state index in [2.05, 4.69) is 16.0 Å². The zero-order valence-corrected chi connectivity index (χ0v) is 17.3. The van der Waals surface area contributed by atoms with Crippen LogP contribution >= 0.6 is 0 Å². The highest BCUT2D eigenvalue weighted by molar-refractivity contribution is 6.04. The van der Waals surface area contributed by atoms with Crippen molar-refractivity contribution in [1.29, 1.82) is 0 Å². The van der Waals surface area contributed by atoms with Gasteiger partial charge in [-0.1, -0.05) is 24.3 Å². The molecular formula is C22H26FN3O4. The molecule has 0 unspecified atom stereocenters. The van der Waals surface area contributed by atoms with Gasteiger partial charge < -0.3 is 20.7 Å². The Kier molecular flexibility index (Phi) is 7.91. The first-order valence-corrected chi connectivity index (χ1v) is 9.52. The zero-order chi connectivity index (χ0) is 22.1. The molecule has 0 saturated heterocycles. The number of halogens is 1. The number of ether oxygens (including phenoxy) is 1. The maximum absolute atomic E-state index is 13.7. The van der Waals surface area contributed by atoms with Gasteiger partial charge in [0.1, 0.15) is 11.4 Å². The third kappa shape index (κ3) is 7.90. The lowest BCUT2D eigenvalue weighted by Gasteiger charge is -2.19. The largest absolute Gasteiger partial charge is 0.444 e. The summed E-state index contributed by atoms with van der Waals surface area (Å²) in [6.45, 7) is 5.75. The average molecular weight is 415 g/mol. The number of carbonyl (C=O) groups excluding carboxylic acids is 3. The van der Waals surface area contributed by atoms with Gasteiger partial charge in [-0.15, -0.1) is 0 Å². The fraction of sp³-hybridized carbons (Fsp3) is 0.318. The van der Waals surface area contributed by atoms with Gasteiger partial charge in [0.2, 0.25) is 5.91 Å². The van der Waals surface area contributed by atoms with Gasteiger partial charge >= 0.3 is 6.09 Å². The molecule has 0 radical (unpaired) electrons. The highest BCUT2D eigenvalue weighted by Gasteiger charge is 2.16. The number of benzene rings is 2. The Hall–Kier alpha value is -3.42. The molecule has 0 atom stereocenters. The van der Waals surface area contributed by atoms with Gasteiger partial charge in [-0.05, 0) is 50.6 Å². The molecule has 0 heterocycles. The Morgan fingerprint density at radius 2 is 1.63 bits per heavy atom. The zero-order valence-electron chi connectivity index (χ0n) is 17.3. The summed E-state index contributed by atoms with van der Waals surface area (Å²) in [5, 5.41) is 7.90.